The molecule has 5 rings (SSSR count). The van der Waals surface area contributed by atoms with E-state index in [4.69, 9.17) is 9.47 Å². The first kappa shape index (κ1) is 15.0. The molecule has 3 nitrogen and oxygen atoms in total. The van der Waals surface area contributed by atoms with Crippen molar-refractivity contribution in [3.8, 4) is 5.75 Å². The summed E-state index contributed by atoms with van der Waals surface area (Å²) >= 11 is 0. The molecule has 3 aliphatic heterocycles. The van der Waals surface area contributed by atoms with Crippen molar-refractivity contribution in [1.82, 2.24) is 4.90 Å². The highest BCUT2D eigenvalue weighted by Crippen LogP contribution is 2.73. The molecular weight excluding hydrogens is 298 g/mol. The van der Waals surface area contributed by atoms with E-state index in [9.17, 15) is 0 Å². The molecule has 0 radical (unpaired) electrons. The number of ether oxygens (including phenoxy) is 2. The smallest absolute Gasteiger partial charge is 0.119 e. The van der Waals surface area contributed by atoms with Gasteiger partial charge >= 0.3 is 0 Å². The van der Waals surface area contributed by atoms with Crippen molar-refractivity contribution in [3.05, 3.63) is 42.0 Å². The zero-order valence-corrected chi connectivity index (χ0v) is 14.9. The molecule has 7 atom stereocenters. The molecule has 0 amide bonds. The van der Waals surface area contributed by atoms with Gasteiger partial charge in [-0.3, -0.25) is 4.90 Å². The Morgan fingerprint density at radius 3 is 2.88 bits per heavy atom. The quantitative estimate of drug-likeness (QED) is 0.793. The van der Waals surface area contributed by atoms with Crippen molar-refractivity contribution in [2.24, 2.45) is 16.7 Å². The van der Waals surface area contributed by atoms with Gasteiger partial charge in [0.15, 0.2) is 0 Å². The fraction of sp³-hybridized carbons (Fsp3) is 0.619. The van der Waals surface area contributed by atoms with Crippen LogP contribution in [0, 0.1) is 16.7 Å². The summed E-state index contributed by atoms with van der Waals surface area (Å²) in [6, 6.07) is 7.70. The summed E-state index contributed by atoms with van der Waals surface area (Å²) in [6.07, 6.45) is 6.09. The van der Waals surface area contributed by atoms with Crippen LogP contribution in [0.5, 0.6) is 5.75 Å². The minimum Gasteiger partial charge on any atom is -0.497 e. The molecular formula is C21H27NO2. The number of rotatable bonds is 3. The van der Waals surface area contributed by atoms with E-state index in [0.717, 1.165) is 18.6 Å². The van der Waals surface area contributed by atoms with Crippen LogP contribution in [0.1, 0.15) is 36.9 Å². The molecule has 3 fully saturated rings. The predicted molar refractivity (Wildman–Crippen MR) is 94.2 cm³/mol. The monoisotopic (exact) mass is 325 g/mol. The standard InChI is InChI=1S/C21H27NO2/c1-5-21-17(24-4)8-9-20(2)12-22-16(18(20)21)11-13-10-14(23-3)6-7-15(13)19(21)22/h5-7,10,16-19H,1,8-9,11-12H2,2-4H3/t16-,17?,18?,19-,20?,21?/m1/s1. The lowest BCUT2D eigenvalue weighted by molar-refractivity contribution is -0.118. The lowest BCUT2D eigenvalue weighted by Gasteiger charge is -2.57. The van der Waals surface area contributed by atoms with Crippen molar-refractivity contribution in [2.75, 3.05) is 20.8 Å². The highest BCUT2D eigenvalue weighted by Gasteiger charge is 2.74. The average molecular weight is 325 g/mol. The maximum Gasteiger partial charge on any atom is 0.119 e. The van der Waals surface area contributed by atoms with E-state index in [-0.39, 0.29) is 11.5 Å². The highest BCUT2D eigenvalue weighted by molar-refractivity contribution is 5.47. The summed E-state index contributed by atoms with van der Waals surface area (Å²) < 4.78 is 11.5. The largest absolute Gasteiger partial charge is 0.497 e. The van der Waals surface area contributed by atoms with Crippen LogP contribution in [0.4, 0.5) is 0 Å². The second kappa shape index (κ2) is 4.64. The van der Waals surface area contributed by atoms with Gasteiger partial charge in [0.1, 0.15) is 5.75 Å². The van der Waals surface area contributed by atoms with Crippen LogP contribution >= 0.6 is 0 Å². The molecule has 0 N–H and O–H groups in total. The van der Waals surface area contributed by atoms with E-state index in [1.165, 1.54) is 24.1 Å². The average Bonchev–Trinajstić information content (AvgIpc) is 2.99. The Hall–Kier alpha value is -1.32. The van der Waals surface area contributed by atoms with Crippen molar-refractivity contribution < 1.29 is 9.47 Å². The Morgan fingerprint density at radius 2 is 2.17 bits per heavy atom. The number of piperidine rings is 1. The van der Waals surface area contributed by atoms with E-state index < -0.39 is 0 Å². The first-order valence-electron chi connectivity index (χ1n) is 9.18. The van der Waals surface area contributed by atoms with Gasteiger partial charge in [0.25, 0.3) is 0 Å². The topological polar surface area (TPSA) is 21.7 Å². The molecule has 1 aliphatic carbocycles. The van der Waals surface area contributed by atoms with Crippen LogP contribution in [0.3, 0.4) is 0 Å². The van der Waals surface area contributed by atoms with Gasteiger partial charge in [0, 0.05) is 31.2 Å². The Balaban J connectivity index is 1.73. The van der Waals surface area contributed by atoms with Crippen molar-refractivity contribution in [2.45, 2.75) is 44.4 Å². The summed E-state index contributed by atoms with van der Waals surface area (Å²) in [5.74, 6) is 1.62. The maximum atomic E-state index is 6.06. The van der Waals surface area contributed by atoms with Crippen molar-refractivity contribution >= 4 is 0 Å². The minimum atomic E-state index is 0.0461. The molecule has 3 heterocycles. The molecule has 24 heavy (non-hydrogen) atoms. The summed E-state index contributed by atoms with van der Waals surface area (Å²) in [5, 5.41) is 0. The van der Waals surface area contributed by atoms with Gasteiger partial charge in [0.2, 0.25) is 0 Å². The van der Waals surface area contributed by atoms with Crippen LogP contribution in [0.15, 0.2) is 30.9 Å². The van der Waals surface area contributed by atoms with Gasteiger partial charge < -0.3 is 9.47 Å². The van der Waals surface area contributed by atoms with Crippen LogP contribution in [-0.4, -0.2) is 37.8 Å². The summed E-state index contributed by atoms with van der Waals surface area (Å²) in [5.41, 5.74) is 3.39. The Bertz CT molecular complexity index is 716. The van der Waals surface area contributed by atoms with Gasteiger partial charge in [-0.1, -0.05) is 19.1 Å². The molecule has 5 unspecified atom stereocenters. The third-order valence-electron chi connectivity index (χ3n) is 7.70. The summed E-state index contributed by atoms with van der Waals surface area (Å²) in [4.78, 5) is 2.78. The van der Waals surface area contributed by atoms with Crippen LogP contribution in [0.2, 0.25) is 0 Å². The van der Waals surface area contributed by atoms with Crippen molar-refractivity contribution in [3.63, 3.8) is 0 Å². The molecule has 0 spiro atoms. The zero-order valence-electron chi connectivity index (χ0n) is 14.9. The van der Waals surface area contributed by atoms with E-state index in [2.05, 4.69) is 42.7 Å². The lowest BCUT2D eigenvalue weighted by Crippen LogP contribution is -2.57. The molecule has 4 bridgehead atoms. The molecule has 4 aliphatic rings. The van der Waals surface area contributed by atoms with E-state index in [1.807, 2.05) is 7.11 Å². The van der Waals surface area contributed by atoms with Crippen LogP contribution in [0.25, 0.3) is 0 Å². The third kappa shape index (κ3) is 1.48. The maximum absolute atomic E-state index is 6.06. The fourth-order valence-electron chi connectivity index (χ4n) is 7.04. The van der Waals surface area contributed by atoms with E-state index in [1.54, 1.807) is 7.11 Å². The zero-order chi connectivity index (χ0) is 16.7. The fourth-order valence-corrected chi connectivity index (χ4v) is 7.04. The number of hydrogen-bond acceptors (Lipinski definition) is 3. The molecule has 1 aromatic rings. The third-order valence-corrected chi connectivity index (χ3v) is 7.70. The summed E-state index contributed by atoms with van der Waals surface area (Å²) in [7, 11) is 3.64. The van der Waals surface area contributed by atoms with Crippen molar-refractivity contribution in [1.29, 1.82) is 0 Å². The van der Waals surface area contributed by atoms with E-state index >= 15 is 0 Å². The first-order chi connectivity index (χ1) is 11.6. The minimum absolute atomic E-state index is 0.0461. The number of nitrogens with zero attached hydrogens (tertiary/aromatic N) is 1. The number of fused-ring (bicyclic) bond motifs is 3. The number of hydrogen-bond donors (Lipinski definition) is 0. The molecule has 2 saturated heterocycles. The predicted octanol–water partition coefficient (Wildman–Crippen LogP) is 3.59. The van der Waals surface area contributed by atoms with Gasteiger partial charge in [-0.05, 0) is 53.9 Å². The Labute approximate surface area is 144 Å². The molecule has 0 aromatic heterocycles. The molecule has 3 heteroatoms. The van der Waals surface area contributed by atoms with Gasteiger partial charge in [-0.25, -0.2) is 0 Å². The second-order valence-electron chi connectivity index (χ2n) is 8.51. The first-order valence-corrected chi connectivity index (χ1v) is 9.18. The van der Waals surface area contributed by atoms with Gasteiger partial charge in [-0.15, -0.1) is 6.58 Å². The number of benzene rings is 1. The second-order valence-corrected chi connectivity index (χ2v) is 8.51. The van der Waals surface area contributed by atoms with Gasteiger partial charge in [0.05, 0.1) is 13.2 Å². The molecule has 1 saturated carbocycles. The summed E-state index contributed by atoms with van der Waals surface area (Å²) in [6.45, 7) is 8.07. The lowest BCUT2D eigenvalue weighted by atomic mass is 9.51. The normalized spacial score (nSPS) is 47.4. The molecule has 128 valence electrons. The highest BCUT2D eigenvalue weighted by atomic mass is 16.5. The Kier molecular flexibility index (Phi) is 2.90. The van der Waals surface area contributed by atoms with Crippen LogP contribution in [-0.2, 0) is 11.2 Å². The Morgan fingerprint density at radius 1 is 1.33 bits per heavy atom. The van der Waals surface area contributed by atoms with E-state index in [0.29, 0.717) is 23.4 Å². The SMILES string of the molecule is C=CC12C(OC)CCC3(C)CN4[C@H](Cc5cc(OC)ccc5[C@@H]41)C32. The molecule has 1 aromatic carbocycles. The van der Waals surface area contributed by atoms with Crippen LogP contribution < -0.4 is 4.74 Å². The number of methoxy groups -OCH3 is 2. The van der Waals surface area contributed by atoms with Gasteiger partial charge in [-0.2, -0.15) is 0 Å².